The Kier molecular flexibility index (Phi) is 4.46. The minimum atomic E-state index is -0.485. The van der Waals surface area contributed by atoms with Crippen LogP contribution in [0.1, 0.15) is 12.0 Å². The van der Waals surface area contributed by atoms with E-state index in [0.717, 1.165) is 0 Å². The normalized spacial score (nSPS) is 10.9. The molecular formula is C18H17FN2O3. The summed E-state index contributed by atoms with van der Waals surface area (Å²) >= 11 is 0. The quantitative estimate of drug-likeness (QED) is 0.724. The molecule has 5 nitrogen and oxygen atoms in total. The predicted octanol–water partition coefficient (Wildman–Crippen LogP) is 2.78. The maximum Gasteiger partial charge on any atom is 0.419 e. The molecule has 0 unspecified atom stereocenters. The number of hydrogen-bond acceptors (Lipinski definition) is 3. The van der Waals surface area contributed by atoms with E-state index in [1.54, 1.807) is 49.5 Å². The molecule has 1 amide bonds. The van der Waals surface area contributed by atoms with E-state index in [4.69, 9.17) is 4.42 Å². The highest BCUT2D eigenvalue weighted by Gasteiger charge is 2.14. The van der Waals surface area contributed by atoms with E-state index in [1.165, 1.54) is 15.5 Å². The van der Waals surface area contributed by atoms with Crippen LogP contribution in [0.15, 0.2) is 57.7 Å². The van der Waals surface area contributed by atoms with Gasteiger partial charge in [0.1, 0.15) is 5.82 Å². The van der Waals surface area contributed by atoms with Crippen molar-refractivity contribution in [1.29, 1.82) is 0 Å². The Morgan fingerprint density at radius 1 is 1.17 bits per heavy atom. The van der Waals surface area contributed by atoms with E-state index in [1.807, 2.05) is 0 Å². The molecule has 3 rings (SSSR count). The fourth-order valence-corrected chi connectivity index (χ4v) is 2.59. The van der Waals surface area contributed by atoms with E-state index < -0.39 is 5.76 Å². The van der Waals surface area contributed by atoms with Crippen molar-refractivity contribution in [2.75, 3.05) is 7.05 Å². The molecule has 3 aromatic rings. The number of carbonyl (C=O) groups is 1. The fourth-order valence-electron chi connectivity index (χ4n) is 2.59. The second kappa shape index (κ2) is 6.70. The van der Waals surface area contributed by atoms with Crippen molar-refractivity contribution in [2.45, 2.75) is 19.5 Å². The first-order valence-electron chi connectivity index (χ1n) is 7.62. The van der Waals surface area contributed by atoms with Crippen molar-refractivity contribution >= 4 is 17.0 Å². The van der Waals surface area contributed by atoms with Crippen LogP contribution in [0.4, 0.5) is 4.39 Å². The largest absolute Gasteiger partial charge is 0.419 e. The average molecular weight is 328 g/mol. The third-order valence-corrected chi connectivity index (χ3v) is 3.91. The van der Waals surface area contributed by atoms with Crippen LogP contribution in [0, 0.1) is 5.82 Å². The molecule has 0 radical (unpaired) electrons. The van der Waals surface area contributed by atoms with Crippen molar-refractivity contribution < 1.29 is 13.6 Å². The van der Waals surface area contributed by atoms with Crippen LogP contribution >= 0.6 is 0 Å². The van der Waals surface area contributed by atoms with Crippen LogP contribution in [0.3, 0.4) is 0 Å². The molecule has 1 heterocycles. The number of rotatable bonds is 5. The molecule has 24 heavy (non-hydrogen) atoms. The molecule has 6 heteroatoms. The van der Waals surface area contributed by atoms with Gasteiger partial charge < -0.3 is 9.32 Å². The molecule has 0 saturated carbocycles. The van der Waals surface area contributed by atoms with Gasteiger partial charge in [0.2, 0.25) is 5.91 Å². The maximum atomic E-state index is 13.7. The SMILES string of the molecule is CN(Cc1ccccc1F)C(=O)CCn1c(=O)oc2ccccc21. The van der Waals surface area contributed by atoms with Gasteiger partial charge in [0.15, 0.2) is 5.58 Å². The predicted molar refractivity (Wildman–Crippen MR) is 88.0 cm³/mol. The van der Waals surface area contributed by atoms with Gasteiger partial charge in [0.25, 0.3) is 0 Å². The van der Waals surface area contributed by atoms with Gasteiger partial charge in [-0.2, -0.15) is 0 Å². The van der Waals surface area contributed by atoms with Crippen LogP contribution in [0.5, 0.6) is 0 Å². The molecule has 0 aliphatic carbocycles. The minimum Gasteiger partial charge on any atom is -0.408 e. The zero-order valence-corrected chi connectivity index (χ0v) is 13.2. The van der Waals surface area contributed by atoms with Gasteiger partial charge in [0.05, 0.1) is 5.52 Å². The number of amides is 1. The molecule has 0 N–H and O–H groups in total. The lowest BCUT2D eigenvalue weighted by Crippen LogP contribution is -2.28. The summed E-state index contributed by atoms with van der Waals surface area (Å²) in [6, 6.07) is 13.4. The summed E-state index contributed by atoms with van der Waals surface area (Å²) in [6.07, 6.45) is 0.133. The molecule has 0 saturated heterocycles. The minimum absolute atomic E-state index is 0.133. The summed E-state index contributed by atoms with van der Waals surface area (Å²) < 4.78 is 20.2. The second-order valence-electron chi connectivity index (χ2n) is 5.58. The zero-order valence-electron chi connectivity index (χ0n) is 13.2. The van der Waals surface area contributed by atoms with Gasteiger partial charge in [-0.15, -0.1) is 0 Å². The smallest absolute Gasteiger partial charge is 0.408 e. The summed E-state index contributed by atoms with van der Waals surface area (Å²) in [6.45, 7) is 0.406. The number of benzene rings is 2. The Morgan fingerprint density at radius 2 is 1.88 bits per heavy atom. The van der Waals surface area contributed by atoms with Gasteiger partial charge in [-0.25, -0.2) is 9.18 Å². The molecule has 0 fully saturated rings. The number of hydrogen-bond donors (Lipinski definition) is 0. The average Bonchev–Trinajstić information content (AvgIpc) is 2.90. The monoisotopic (exact) mass is 328 g/mol. The first-order chi connectivity index (χ1) is 11.6. The summed E-state index contributed by atoms with van der Waals surface area (Å²) in [5.74, 6) is -0.995. The van der Waals surface area contributed by atoms with E-state index in [-0.39, 0.29) is 31.2 Å². The number of fused-ring (bicyclic) bond motifs is 1. The topological polar surface area (TPSA) is 55.5 Å². The van der Waals surface area contributed by atoms with Crippen molar-refractivity contribution in [3.05, 3.63) is 70.5 Å². The number of carbonyl (C=O) groups excluding carboxylic acids is 1. The Morgan fingerprint density at radius 3 is 2.67 bits per heavy atom. The zero-order chi connectivity index (χ0) is 17.1. The summed E-state index contributed by atoms with van der Waals surface area (Å²) in [5.41, 5.74) is 1.61. The lowest BCUT2D eigenvalue weighted by atomic mass is 10.2. The molecule has 2 aromatic carbocycles. The molecule has 0 atom stereocenters. The van der Waals surface area contributed by atoms with Crippen molar-refractivity contribution in [2.24, 2.45) is 0 Å². The second-order valence-corrected chi connectivity index (χ2v) is 5.58. The van der Waals surface area contributed by atoms with Crippen molar-refractivity contribution in [3.63, 3.8) is 0 Å². The van der Waals surface area contributed by atoms with Crippen LogP contribution < -0.4 is 5.76 Å². The molecule has 0 spiro atoms. The maximum absolute atomic E-state index is 13.7. The third-order valence-electron chi connectivity index (χ3n) is 3.91. The van der Waals surface area contributed by atoms with Crippen molar-refractivity contribution in [3.8, 4) is 0 Å². The number of aryl methyl sites for hydroxylation is 1. The molecule has 0 aliphatic rings. The van der Waals surface area contributed by atoms with E-state index >= 15 is 0 Å². The van der Waals surface area contributed by atoms with Gasteiger partial charge in [-0.1, -0.05) is 30.3 Å². The van der Waals surface area contributed by atoms with Gasteiger partial charge >= 0.3 is 5.76 Å². The number of halogens is 1. The Labute approximate surface area is 137 Å². The molecule has 0 bridgehead atoms. The summed E-state index contributed by atoms with van der Waals surface area (Å²) in [7, 11) is 1.62. The van der Waals surface area contributed by atoms with Gasteiger partial charge in [-0.3, -0.25) is 9.36 Å². The van der Waals surface area contributed by atoms with E-state index in [9.17, 15) is 14.0 Å². The third kappa shape index (κ3) is 3.22. The number of nitrogens with zero attached hydrogens (tertiary/aromatic N) is 2. The standard InChI is InChI=1S/C18H17FN2O3/c1-20(12-13-6-2-3-7-14(13)19)17(22)10-11-21-15-8-4-5-9-16(15)24-18(21)23/h2-9H,10-12H2,1H3. The molecule has 124 valence electrons. The first-order valence-corrected chi connectivity index (χ1v) is 7.62. The molecule has 0 aliphatic heterocycles. The molecular weight excluding hydrogens is 311 g/mol. The summed E-state index contributed by atoms with van der Waals surface area (Å²) in [5, 5.41) is 0. The van der Waals surface area contributed by atoms with Crippen molar-refractivity contribution in [1.82, 2.24) is 9.47 Å². The highest BCUT2D eigenvalue weighted by molar-refractivity contribution is 5.76. The number of oxazole rings is 1. The van der Waals surface area contributed by atoms with E-state index in [2.05, 4.69) is 0 Å². The first kappa shape index (κ1) is 16.0. The number of para-hydroxylation sites is 2. The van der Waals surface area contributed by atoms with Crippen LogP contribution in [0.25, 0.3) is 11.1 Å². The Balaban J connectivity index is 1.67. The summed E-state index contributed by atoms with van der Waals surface area (Å²) in [4.78, 5) is 25.6. The lowest BCUT2D eigenvalue weighted by molar-refractivity contribution is -0.130. The fraction of sp³-hybridized carbons (Fsp3) is 0.222. The highest BCUT2D eigenvalue weighted by Crippen LogP contribution is 2.13. The van der Waals surface area contributed by atoms with E-state index in [0.29, 0.717) is 16.7 Å². The van der Waals surface area contributed by atoms with Crippen LogP contribution in [0.2, 0.25) is 0 Å². The van der Waals surface area contributed by atoms with Gasteiger partial charge in [-0.05, 0) is 18.2 Å². The highest BCUT2D eigenvalue weighted by atomic mass is 19.1. The van der Waals surface area contributed by atoms with Crippen LogP contribution in [-0.2, 0) is 17.9 Å². The van der Waals surface area contributed by atoms with Crippen LogP contribution in [-0.4, -0.2) is 22.4 Å². The lowest BCUT2D eigenvalue weighted by Gasteiger charge is -2.17. The Bertz CT molecular complexity index is 929. The number of aromatic nitrogens is 1. The molecule has 1 aromatic heterocycles. The Hall–Kier alpha value is -2.89. The van der Waals surface area contributed by atoms with Gasteiger partial charge in [0, 0.05) is 32.1 Å².